The van der Waals surface area contributed by atoms with Crippen LogP contribution >= 0.6 is 11.6 Å². The van der Waals surface area contributed by atoms with Gasteiger partial charge in [0.25, 0.3) is 0 Å². The molecule has 0 heterocycles. The summed E-state index contributed by atoms with van der Waals surface area (Å²) in [6.07, 6.45) is 2.26. The van der Waals surface area contributed by atoms with Crippen molar-refractivity contribution in [3.63, 3.8) is 0 Å². The van der Waals surface area contributed by atoms with E-state index in [1.54, 1.807) is 12.1 Å². The lowest BCUT2D eigenvalue weighted by molar-refractivity contribution is 0.544. The molecule has 0 saturated carbocycles. The van der Waals surface area contributed by atoms with E-state index in [2.05, 4.69) is 0 Å². The Kier molecular flexibility index (Phi) is 7.54. The van der Waals surface area contributed by atoms with Crippen LogP contribution in [0.3, 0.4) is 0 Å². The number of hydrogen-bond acceptors (Lipinski definition) is 0. The molecule has 0 amide bonds. The Balaban J connectivity index is 1.69. The molecule has 0 aliphatic carbocycles. The second-order valence-electron chi connectivity index (χ2n) is 7.45. The lowest BCUT2D eigenvalue weighted by Gasteiger charge is -2.11. The van der Waals surface area contributed by atoms with Crippen molar-refractivity contribution in [2.45, 2.75) is 45.4 Å². The number of hydrogen-bond donors (Lipinski definition) is 0. The molecule has 3 aromatic carbocycles. The van der Waals surface area contributed by atoms with Crippen LogP contribution in [-0.2, 0) is 32.1 Å². The van der Waals surface area contributed by atoms with Crippen LogP contribution in [0, 0.1) is 23.3 Å². The van der Waals surface area contributed by atoms with Crippen molar-refractivity contribution in [3.8, 4) is 0 Å². The minimum atomic E-state index is -0.641. The molecule has 0 spiro atoms. The smallest absolute Gasteiger partial charge is 0.129 e. The van der Waals surface area contributed by atoms with Gasteiger partial charge in [-0.2, -0.15) is 0 Å². The van der Waals surface area contributed by atoms with Crippen LogP contribution in [-0.4, -0.2) is 0 Å². The first kappa shape index (κ1) is 22.4. The first-order valence-electron chi connectivity index (χ1n) is 10.1. The summed E-state index contributed by atoms with van der Waals surface area (Å²) < 4.78 is 57.5. The molecule has 0 radical (unpaired) electrons. The first-order chi connectivity index (χ1) is 14.4. The highest BCUT2D eigenvalue weighted by atomic mass is 35.5. The van der Waals surface area contributed by atoms with Gasteiger partial charge in [-0.1, -0.05) is 37.1 Å². The highest BCUT2D eigenvalue weighted by molar-refractivity contribution is 6.30. The Morgan fingerprint density at radius 2 is 0.967 bits per heavy atom. The molecule has 0 atom stereocenters. The fraction of sp³-hybridized carbons (Fsp3) is 0.280. The molecule has 158 valence electrons. The molecule has 0 nitrogen and oxygen atoms in total. The molecule has 0 aliphatic rings. The number of halogens is 5. The Labute approximate surface area is 179 Å². The van der Waals surface area contributed by atoms with E-state index >= 15 is 0 Å². The van der Waals surface area contributed by atoms with Crippen LogP contribution in [0.5, 0.6) is 0 Å². The lowest BCUT2D eigenvalue weighted by Crippen LogP contribution is -2.04. The summed E-state index contributed by atoms with van der Waals surface area (Å²) in [6.45, 7) is 1.94. The van der Waals surface area contributed by atoms with E-state index in [0.29, 0.717) is 29.0 Å². The van der Waals surface area contributed by atoms with E-state index in [0.717, 1.165) is 12.0 Å². The van der Waals surface area contributed by atoms with Crippen molar-refractivity contribution in [1.29, 1.82) is 0 Å². The third-order valence-corrected chi connectivity index (χ3v) is 5.43. The Morgan fingerprint density at radius 3 is 1.40 bits per heavy atom. The summed E-state index contributed by atoms with van der Waals surface area (Å²) >= 11 is 5.84. The standard InChI is InChI=1S/C25H23ClF4/c1-2-3-17-12-22(27)21(23(28)13-17)11-7-18-14-24(29)20(25(30)15-18)10-6-16-4-8-19(26)9-5-16/h4-5,8-9,12-15H,2-3,6-7,10-11H2,1H3. The molecule has 0 aromatic heterocycles. The maximum atomic E-state index is 14.5. The molecule has 5 heteroatoms. The van der Waals surface area contributed by atoms with Crippen molar-refractivity contribution >= 4 is 11.6 Å². The van der Waals surface area contributed by atoms with Crippen LogP contribution in [0.15, 0.2) is 48.5 Å². The van der Waals surface area contributed by atoms with E-state index in [-0.39, 0.29) is 30.4 Å². The van der Waals surface area contributed by atoms with Crippen molar-refractivity contribution < 1.29 is 17.6 Å². The van der Waals surface area contributed by atoms with E-state index in [4.69, 9.17) is 11.6 Å². The van der Waals surface area contributed by atoms with Gasteiger partial charge in [0.05, 0.1) is 0 Å². The Bertz CT molecular complexity index is 966. The molecule has 0 bridgehead atoms. The zero-order chi connectivity index (χ0) is 21.7. The zero-order valence-corrected chi connectivity index (χ0v) is 17.5. The molecule has 3 aromatic rings. The highest BCUT2D eigenvalue weighted by Crippen LogP contribution is 2.22. The maximum absolute atomic E-state index is 14.5. The Morgan fingerprint density at radius 1 is 0.567 bits per heavy atom. The largest absolute Gasteiger partial charge is 0.207 e. The van der Waals surface area contributed by atoms with Crippen molar-refractivity contribution in [3.05, 3.63) is 105 Å². The molecule has 0 unspecified atom stereocenters. The normalized spacial score (nSPS) is 11.1. The lowest BCUT2D eigenvalue weighted by atomic mass is 9.98. The molecule has 30 heavy (non-hydrogen) atoms. The molecule has 3 rings (SSSR count). The maximum Gasteiger partial charge on any atom is 0.129 e. The van der Waals surface area contributed by atoms with E-state index in [9.17, 15) is 17.6 Å². The average Bonchev–Trinajstić information content (AvgIpc) is 2.68. The van der Waals surface area contributed by atoms with Crippen LogP contribution in [0.2, 0.25) is 5.02 Å². The van der Waals surface area contributed by atoms with Gasteiger partial charge in [-0.05, 0) is 85.2 Å². The topological polar surface area (TPSA) is 0 Å². The highest BCUT2D eigenvalue weighted by Gasteiger charge is 2.14. The number of rotatable bonds is 8. The van der Waals surface area contributed by atoms with Crippen LogP contribution in [0.25, 0.3) is 0 Å². The molecule has 0 N–H and O–H groups in total. The summed E-state index contributed by atoms with van der Waals surface area (Å²) in [7, 11) is 0. The van der Waals surface area contributed by atoms with Crippen LogP contribution < -0.4 is 0 Å². The SMILES string of the molecule is CCCc1cc(F)c(CCc2cc(F)c(CCc3ccc(Cl)cc3)c(F)c2)c(F)c1. The van der Waals surface area contributed by atoms with Gasteiger partial charge in [-0.25, -0.2) is 17.6 Å². The second-order valence-corrected chi connectivity index (χ2v) is 7.89. The van der Waals surface area contributed by atoms with E-state index in [1.165, 1.54) is 24.3 Å². The van der Waals surface area contributed by atoms with Crippen molar-refractivity contribution in [2.24, 2.45) is 0 Å². The second kappa shape index (κ2) is 10.1. The first-order valence-corrected chi connectivity index (χ1v) is 10.4. The van der Waals surface area contributed by atoms with Gasteiger partial charge >= 0.3 is 0 Å². The predicted octanol–water partition coefficient (Wildman–Crippen LogP) is 7.42. The zero-order valence-electron chi connectivity index (χ0n) is 16.8. The van der Waals surface area contributed by atoms with Gasteiger partial charge in [0.2, 0.25) is 0 Å². The van der Waals surface area contributed by atoms with Gasteiger partial charge in [-0.3, -0.25) is 0 Å². The van der Waals surface area contributed by atoms with Crippen LogP contribution in [0.4, 0.5) is 17.6 Å². The minimum absolute atomic E-state index is 0.00924. The third-order valence-electron chi connectivity index (χ3n) is 5.18. The minimum Gasteiger partial charge on any atom is -0.207 e. The molecule has 0 aliphatic heterocycles. The third kappa shape index (κ3) is 5.63. The molecule has 0 saturated heterocycles. The fourth-order valence-electron chi connectivity index (χ4n) is 3.56. The predicted molar refractivity (Wildman–Crippen MR) is 113 cm³/mol. The quantitative estimate of drug-likeness (QED) is 0.323. The summed E-state index contributed by atoms with van der Waals surface area (Å²) in [5, 5.41) is 0.605. The van der Waals surface area contributed by atoms with Gasteiger partial charge < -0.3 is 0 Å². The van der Waals surface area contributed by atoms with Crippen molar-refractivity contribution in [1.82, 2.24) is 0 Å². The van der Waals surface area contributed by atoms with Gasteiger partial charge in [-0.15, -0.1) is 0 Å². The monoisotopic (exact) mass is 434 g/mol. The number of benzene rings is 3. The average molecular weight is 435 g/mol. The van der Waals surface area contributed by atoms with Gasteiger partial charge in [0.15, 0.2) is 0 Å². The summed E-state index contributed by atoms with van der Waals surface area (Å²) in [5.74, 6) is -2.51. The van der Waals surface area contributed by atoms with E-state index < -0.39 is 23.3 Å². The summed E-state index contributed by atoms with van der Waals surface area (Å²) in [6, 6.07) is 12.3. The summed E-state index contributed by atoms with van der Waals surface area (Å²) in [4.78, 5) is 0. The van der Waals surface area contributed by atoms with E-state index in [1.807, 2.05) is 19.1 Å². The fourth-order valence-corrected chi connectivity index (χ4v) is 3.68. The Hall–Kier alpha value is -2.33. The number of aryl methyl sites for hydroxylation is 3. The van der Waals surface area contributed by atoms with Crippen LogP contribution in [0.1, 0.15) is 41.2 Å². The van der Waals surface area contributed by atoms with Gasteiger partial charge in [0, 0.05) is 16.1 Å². The molecular formula is C25H23ClF4. The summed E-state index contributed by atoms with van der Waals surface area (Å²) in [5.41, 5.74) is 1.87. The molecular weight excluding hydrogens is 412 g/mol. The molecule has 0 fully saturated rings. The van der Waals surface area contributed by atoms with Gasteiger partial charge in [0.1, 0.15) is 23.3 Å². The van der Waals surface area contributed by atoms with Crippen molar-refractivity contribution in [2.75, 3.05) is 0 Å².